The van der Waals surface area contributed by atoms with E-state index in [1.54, 1.807) is 11.7 Å². The van der Waals surface area contributed by atoms with Crippen LogP contribution in [0, 0.1) is 0 Å². The molecule has 0 saturated heterocycles. The van der Waals surface area contributed by atoms with Crippen LogP contribution in [0.3, 0.4) is 0 Å². The predicted molar refractivity (Wildman–Crippen MR) is 60.5 cm³/mol. The molecule has 0 fully saturated rings. The van der Waals surface area contributed by atoms with Crippen LogP contribution in [0.1, 0.15) is 48.9 Å². The van der Waals surface area contributed by atoms with Gasteiger partial charge in [0.2, 0.25) is 0 Å². The minimum Gasteiger partial charge on any atom is -0.461 e. The van der Waals surface area contributed by atoms with E-state index in [2.05, 4.69) is 18.9 Å². The number of hydrogen-bond acceptors (Lipinski definition) is 3. The third-order valence-corrected chi connectivity index (χ3v) is 3.26. The molecular formula is C12H18N2O2. The van der Waals surface area contributed by atoms with Crippen molar-refractivity contribution in [2.75, 3.05) is 6.61 Å². The number of aryl methyl sites for hydroxylation is 1. The average molecular weight is 222 g/mol. The highest BCUT2D eigenvalue weighted by Crippen LogP contribution is 2.38. The van der Waals surface area contributed by atoms with Gasteiger partial charge in [0.05, 0.1) is 12.3 Å². The lowest BCUT2D eigenvalue weighted by Crippen LogP contribution is -2.15. The summed E-state index contributed by atoms with van der Waals surface area (Å²) in [5, 5.41) is 4.46. The second-order valence-electron chi connectivity index (χ2n) is 4.90. The first kappa shape index (κ1) is 11.2. The van der Waals surface area contributed by atoms with E-state index in [9.17, 15) is 4.79 Å². The Morgan fingerprint density at radius 3 is 2.88 bits per heavy atom. The Hall–Kier alpha value is -1.32. The van der Waals surface area contributed by atoms with Gasteiger partial charge in [-0.25, -0.2) is 4.79 Å². The molecule has 0 radical (unpaired) electrons. The first-order valence-electron chi connectivity index (χ1n) is 5.71. The highest BCUT2D eigenvalue weighted by Gasteiger charge is 2.37. The molecule has 1 heterocycles. The SMILES string of the molecule is CCOC(=O)c1c2c(nn1C)C(C)(C)CC2. The molecule has 88 valence electrons. The number of carbonyl (C=O) groups excluding carboxylic acids is 1. The van der Waals surface area contributed by atoms with Crippen LogP contribution in [0.15, 0.2) is 0 Å². The fourth-order valence-electron chi connectivity index (χ4n) is 2.36. The Morgan fingerprint density at radius 2 is 2.25 bits per heavy atom. The molecule has 4 nitrogen and oxygen atoms in total. The van der Waals surface area contributed by atoms with Crippen LogP contribution >= 0.6 is 0 Å². The van der Waals surface area contributed by atoms with Crippen LogP contribution in [0.2, 0.25) is 0 Å². The van der Waals surface area contributed by atoms with Crippen molar-refractivity contribution in [2.45, 2.75) is 39.0 Å². The van der Waals surface area contributed by atoms with Crippen LogP contribution in [-0.2, 0) is 23.6 Å². The van der Waals surface area contributed by atoms with Gasteiger partial charge >= 0.3 is 5.97 Å². The molecule has 0 bridgehead atoms. The molecule has 16 heavy (non-hydrogen) atoms. The Bertz CT molecular complexity index is 432. The number of fused-ring (bicyclic) bond motifs is 1. The molecule has 0 amide bonds. The Labute approximate surface area is 95.6 Å². The predicted octanol–water partition coefficient (Wildman–Crippen LogP) is 1.82. The highest BCUT2D eigenvalue weighted by molar-refractivity contribution is 5.90. The molecule has 4 heteroatoms. The molecular weight excluding hydrogens is 204 g/mol. The van der Waals surface area contributed by atoms with Crippen molar-refractivity contribution in [3.8, 4) is 0 Å². The van der Waals surface area contributed by atoms with Crippen LogP contribution in [-0.4, -0.2) is 22.4 Å². The summed E-state index contributed by atoms with van der Waals surface area (Å²) in [6, 6.07) is 0. The van der Waals surface area contributed by atoms with E-state index in [1.165, 1.54) is 0 Å². The quantitative estimate of drug-likeness (QED) is 0.717. The van der Waals surface area contributed by atoms with Gasteiger partial charge in [0, 0.05) is 18.0 Å². The molecule has 1 aromatic heterocycles. The van der Waals surface area contributed by atoms with Crippen molar-refractivity contribution in [1.82, 2.24) is 9.78 Å². The number of ether oxygens (including phenoxy) is 1. The topological polar surface area (TPSA) is 44.1 Å². The molecule has 0 saturated carbocycles. The number of esters is 1. The van der Waals surface area contributed by atoms with Crippen molar-refractivity contribution in [3.63, 3.8) is 0 Å². The number of aromatic nitrogens is 2. The lowest BCUT2D eigenvalue weighted by atomic mass is 9.91. The third-order valence-electron chi connectivity index (χ3n) is 3.26. The van der Waals surface area contributed by atoms with E-state index in [4.69, 9.17) is 4.74 Å². The maximum atomic E-state index is 11.8. The van der Waals surface area contributed by atoms with Crippen LogP contribution in [0.25, 0.3) is 0 Å². The molecule has 0 spiro atoms. The average Bonchev–Trinajstić information content (AvgIpc) is 2.65. The molecule has 0 aliphatic heterocycles. The summed E-state index contributed by atoms with van der Waals surface area (Å²) < 4.78 is 6.72. The molecule has 1 aliphatic rings. The molecule has 0 unspecified atom stereocenters. The van der Waals surface area contributed by atoms with E-state index in [1.807, 2.05) is 6.92 Å². The largest absolute Gasteiger partial charge is 0.461 e. The van der Waals surface area contributed by atoms with E-state index in [-0.39, 0.29) is 11.4 Å². The van der Waals surface area contributed by atoms with E-state index in [0.29, 0.717) is 12.3 Å². The molecule has 0 aromatic carbocycles. The fourth-order valence-corrected chi connectivity index (χ4v) is 2.36. The Balaban J connectivity index is 2.45. The third kappa shape index (κ3) is 1.52. The normalized spacial score (nSPS) is 17.2. The summed E-state index contributed by atoms with van der Waals surface area (Å²) in [6.07, 6.45) is 1.97. The maximum absolute atomic E-state index is 11.8. The zero-order valence-corrected chi connectivity index (χ0v) is 10.3. The van der Waals surface area contributed by atoms with Gasteiger partial charge in [0.15, 0.2) is 0 Å². The van der Waals surface area contributed by atoms with Crippen LogP contribution < -0.4 is 0 Å². The number of nitrogens with zero attached hydrogens (tertiary/aromatic N) is 2. The van der Waals surface area contributed by atoms with Crippen LogP contribution in [0.4, 0.5) is 0 Å². The second-order valence-corrected chi connectivity index (χ2v) is 4.90. The van der Waals surface area contributed by atoms with Gasteiger partial charge in [0.1, 0.15) is 5.69 Å². The van der Waals surface area contributed by atoms with Gasteiger partial charge in [-0.15, -0.1) is 0 Å². The molecule has 2 rings (SSSR count). The Morgan fingerprint density at radius 1 is 1.56 bits per heavy atom. The minimum absolute atomic E-state index is 0.0812. The molecule has 1 aromatic rings. The van der Waals surface area contributed by atoms with Crippen molar-refractivity contribution in [2.24, 2.45) is 7.05 Å². The monoisotopic (exact) mass is 222 g/mol. The first-order valence-corrected chi connectivity index (χ1v) is 5.71. The number of hydrogen-bond donors (Lipinski definition) is 0. The van der Waals surface area contributed by atoms with E-state index >= 15 is 0 Å². The van der Waals surface area contributed by atoms with Gasteiger partial charge in [-0.05, 0) is 19.8 Å². The Kier molecular flexibility index (Phi) is 2.52. The zero-order chi connectivity index (χ0) is 11.9. The van der Waals surface area contributed by atoms with Gasteiger partial charge in [-0.2, -0.15) is 5.10 Å². The van der Waals surface area contributed by atoms with Crippen molar-refractivity contribution in [3.05, 3.63) is 17.0 Å². The lowest BCUT2D eigenvalue weighted by molar-refractivity contribution is 0.0512. The van der Waals surface area contributed by atoms with Crippen molar-refractivity contribution in [1.29, 1.82) is 0 Å². The van der Waals surface area contributed by atoms with Crippen LogP contribution in [0.5, 0.6) is 0 Å². The highest BCUT2D eigenvalue weighted by atomic mass is 16.5. The van der Waals surface area contributed by atoms with Crippen molar-refractivity contribution >= 4 is 5.97 Å². The van der Waals surface area contributed by atoms with Gasteiger partial charge < -0.3 is 4.74 Å². The van der Waals surface area contributed by atoms with Gasteiger partial charge in [0.25, 0.3) is 0 Å². The summed E-state index contributed by atoms with van der Waals surface area (Å²) in [5.41, 5.74) is 2.84. The summed E-state index contributed by atoms with van der Waals surface area (Å²) in [7, 11) is 1.81. The van der Waals surface area contributed by atoms with Crippen molar-refractivity contribution < 1.29 is 9.53 Å². The summed E-state index contributed by atoms with van der Waals surface area (Å²) in [6.45, 7) is 6.56. The summed E-state index contributed by atoms with van der Waals surface area (Å²) in [4.78, 5) is 11.8. The zero-order valence-electron chi connectivity index (χ0n) is 10.3. The van der Waals surface area contributed by atoms with Gasteiger partial charge in [-0.1, -0.05) is 13.8 Å². The molecule has 0 atom stereocenters. The van der Waals surface area contributed by atoms with Gasteiger partial charge in [-0.3, -0.25) is 4.68 Å². The molecule has 0 N–H and O–H groups in total. The number of rotatable bonds is 2. The summed E-state index contributed by atoms with van der Waals surface area (Å²) in [5.74, 6) is -0.253. The van der Waals surface area contributed by atoms with E-state index in [0.717, 1.165) is 24.1 Å². The minimum atomic E-state index is -0.253. The fraction of sp³-hybridized carbons (Fsp3) is 0.667. The number of carbonyl (C=O) groups is 1. The molecule has 1 aliphatic carbocycles. The second kappa shape index (κ2) is 3.61. The lowest BCUT2D eigenvalue weighted by Gasteiger charge is -2.15. The maximum Gasteiger partial charge on any atom is 0.356 e. The summed E-state index contributed by atoms with van der Waals surface area (Å²) >= 11 is 0. The van der Waals surface area contributed by atoms with E-state index < -0.39 is 0 Å². The smallest absolute Gasteiger partial charge is 0.356 e. The standard InChI is InChI=1S/C12H18N2O2/c1-5-16-11(15)9-8-6-7-12(2,3)10(8)13-14(9)4/h5-7H2,1-4H3. The first-order chi connectivity index (χ1) is 7.47.